The van der Waals surface area contributed by atoms with Crippen LogP contribution in [0.1, 0.15) is 6.92 Å². The summed E-state index contributed by atoms with van der Waals surface area (Å²) in [5.41, 5.74) is 0. The zero-order valence-electron chi connectivity index (χ0n) is 5.13. The van der Waals surface area contributed by atoms with Crippen LogP contribution in [-0.4, -0.2) is 24.9 Å². The molecule has 0 bridgehead atoms. The van der Waals surface area contributed by atoms with Crippen molar-refractivity contribution in [3.05, 3.63) is 0 Å². The van der Waals surface area contributed by atoms with Gasteiger partial charge < -0.3 is 9.84 Å². The Morgan fingerprint density at radius 3 is 2.12 bits per heavy atom. The van der Waals surface area contributed by atoms with Gasteiger partial charge in [-0.1, -0.05) is 0 Å². The summed E-state index contributed by atoms with van der Waals surface area (Å²) < 4.78 is 4.73. The van der Waals surface area contributed by atoms with Gasteiger partial charge in [0, 0.05) is 6.61 Å². The minimum atomic E-state index is 0.133. The molecule has 0 aromatic rings. The van der Waals surface area contributed by atoms with E-state index >= 15 is 0 Å². The second kappa shape index (κ2) is 16.1. The molecule has 0 saturated heterocycles. The van der Waals surface area contributed by atoms with Gasteiger partial charge in [0.2, 0.25) is 0 Å². The molecule has 2 heteroatoms. The van der Waals surface area contributed by atoms with Crippen LogP contribution in [0.25, 0.3) is 0 Å². The Bertz CT molecular complexity index is 37.0. The molecule has 2 nitrogen and oxygen atoms in total. The van der Waals surface area contributed by atoms with E-state index in [4.69, 9.17) is 9.84 Å². The molecule has 0 aromatic carbocycles. The van der Waals surface area contributed by atoms with Crippen LogP contribution in [-0.2, 0) is 4.74 Å². The van der Waals surface area contributed by atoms with E-state index in [2.05, 4.69) is 12.8 Å². The van der Waals surface area contributed by atoms with Crippen molar-refractivity contribution in [2.75, 3.05) is 19.8 Å². The molecule has 0 aromatic heterocycles. The van der Waals surface area contributed by atoms with Crippen molar-refractivity contribution in [1.82, 2.24) is 0 Å². The first-order chi connectivity index (χ1) is 3.91. The van der Waals surface area contributed by atoms with E-state index in [1.807, 2.05) is 6.92 Å². The zero-order valence-corrected chi connectivity index (χ0v) is 5.13. The first-order valence-electron chi connectivity index (χ1n) is 2.43. The van der Waals surface area contributed by atoms with Gasteiger partial charge in [-0.05, 0) is 6.92 Å². The smallest absolute Gasteiger partial charge is 0.0697 e. The fourth-order valence-corrected chi connectivity index (χ4v) is 0.209. The number of hydrogen-bond donors (Lipinski definition) is 1. The topological polar surface area (TPSA) is 29.5 Å². The maximum absolute atomic E-state index is 8.07. The van der Waals surface area contributed by atoms with E-state index in [0.717, 1.165) is 0 Å². The quantitative estimate of drug-likeness (QED) is 0.423. The van der Waals surface area contributed by atoms with Crippen LogP contribution in [0.15, 0.2) is 0 Å². The van der Waals surface area contributed by atoms with E-state index in [-0.39, 0.29) is 6.61 Å². The molecular weight excluding hydrogens is 104 g/mol. The lowest BCUT2D eigenvalue weighted by Gasteiger charge is -1.91. The van der Waals surface area contributed by atoms with Gasteiger partial charge in [0.05, 0.1) is 13.2 Å². The van der Waals surface area contributed by atoms with E-state index in [0.29, 0.717) is 13.2 Å². The highest BCUT2D eigenvalue weighted by Gasteiger charge is 1.73. The summed E-state index contributed by atoms with van der Waals surface area (Å²) in [4.78, 5) is 0. The van der Waals surface area contributed by atoms with Gasteiger partial charge in [-0.2, -0.15) is 0 Å². The van der Waals surface area contributed by atoms with Crippen molar-refractivity contribution < 1.29 is 9.84 Å². The monoisotopic (exact) mass is 116 g/mol. The number of aliphatic hydroxyl groups is 1. The predicted octanol–water partition coefficient (Wildman–Crippen LogP) is 0.265. The van der Waals surface area contributed by atoms with E-state index in [1.54, 1.807) is 0 Å². The Balaban J connectivity index is 0. The highest BCUT2D eigenvalue weighted by molar-refractivity contribution is 4.47. The molecule has 0 rings (SSSR count). The molecule has 0 saturated carbocycles. The third-order valence-electron chi connectivity index (χ3n) is 0.440. The molecule has 0 aliphatic rings. The maximum atomic E-state index is 8.07. The third-order valence-corrected chi connectivity index (χ3v) is 0.440. The first-order valence-corrected chi connectivity index (χ1v) is 2.43. The lowest BCUT2D eigenvalue weighted by Crippen LogP contribution is -1.96. The molecule has 8 heavy (non-hydrogen) atoms. The fraction of sp³-hybridized carbons (Fsp3) is 0.667. The van der Waals surface area contributed by atoms with Crippen molar-refractivity contribution >= 4 is 0 Å². The minimum Gasteiger partial charge on any atom is -0.394 e. The molecular formula is C6H12O2. The van der Waals surface area contributed by atoms with Gasteiger partial charge in [-0.3, -0.25) is 0 Å². The van der Waals surface area contributed by atoms with E-state index in [9.17, 15) is 0 Å². The standard InChI is InChI=1S/C4H10O2.C2H2/c1-2-6-4-3-5;1-2/h5H,2-4H2,1H3;1-2H. The van der Waals surface area contributed by atoms with Crippen LogP contribution in [0.5, 0.6) is 0 Å². The Morgan fingerprint density at radius 2 is 2.00 bits per heavy atom. The molecule has 0 heterocycles. The fourth-order valence-electron chi connectivity index (χ4n) is 0.209. The van der Waals surface area contributed by atoms with E-state index in [1.165, 1.54) is 0 Å². The van der Waals surface area contributed by atoms with Gasteiger partial charge in [0.1, 0.15) is 0 Å². The molecule has 0 radical (unpaired) electrons. The Labute approximate surface area is 50.5 Å². The number of terminal acetylenes is 1. The number of aliphatic hydroxyl groups excluding tert-OH is 1. The van der Waals surface area contributed by atoms with Crippen LogP contribution in [0.4, 0.5) is 0 Å². The normalized spacial score (nSPS) is 7.00. The van der Waals surface area contributed by atoms with Crippen LogP contribution in [0.2, 0.25) is 0 Å². The lowest BCUT2D eigenvalue weighted by molar-refractivity contribution is 0.102. The molecule has 0 atom stereocenters. The van der Waals surface area contributed by atoms with Crippen molar-refractivity contribution in [3.8, 4) is 12.8 Å². The summed E-state index contributed by atoms with van der Waals surface area (Å²) in [5, 5.41) is 8.07. The molecule has 0 unspecified atom stereocenters. The SMILES string of the molecule is C#C.CCOCCO. The highest BCUT2D eigenvalue weighted by atomic mass is 16.5. The number of rotatable bonds is 3. The Hall–Kier alpha value is -0.520. The summed E-state index contributed by atoms with van der Waals surface area (Å²) in [7, 11) is 0. The summed E-state index contributed by atoms with van der Waals surface area (Å²) in [6.07, 6.45) is 8.00. The first kappa shape index (κ1) is 10.5. The molecule has 48 valence electrons. The van der Waals surface area contributed by atoms with Crippen LogP contribution in [0.3, 0.4) is 0 Å². The Morgan fingerprint density at radius 1 is 1.50 bits per heavy atom. The van der Waals surface area contributed by atoms with Crippen molar-refractivity contribution in [3.63, 3.8) is 0 Å². The predicted molar refractivity (Wildman–Crippen MR) is 33.5 cm³/mol. The molecule has 1 N–H and O–H groups in total. The molecule has 0 spiro atoms. The molecule has 0 amide bonds. The van der Waals surface area contributed by atoms with Gasteiger partial charge in [-0.25, -0.2) is 0 Å². The average molecular weight is 116 g/mol. The largest absolute Gasteiger partial charge is 0.394 e. The molecule has 0 fully saturated rings. The van der Waals surface area contributed by atoms with Crippen LogP contribution in [0, 0.1) is 12.8 Å². The van der Waals surface area contributed by atoms with Gasteiger partial charge in [0.15, 0.2) is 0 Å². The summed E-state index contributed by atoms with van der Waals surface area (Å²) in [6.45, 7) is 3.20. The van der Waals surface area contributed by atoms with Crippen molar-refractivity contribution in [1.29, 1.82) is 0 Å². The number of ether oxygens (including phenoxy) is 1. The van der Waals surface area contributed by atoms with Gasteiger partial charge >= 0.3 is 0 Å². The van der Waals surface area contributed by atoms with E-state index < -0.39 is 0 Å². The lowest BCUT2D eigenvalue weighted by atomic mass is 10.8. The third kappa shape index (κ3) is 17.9. The summed E-state index contributed by atoms with van der Waals surface area (Å²) >= 11 is 0. The zero-order chi connectivity index (χ0) is 6.83. The molecule has 0 aliphatic heterocycles. The van der Waals surface area contributed by atoms with Gasteiger partial charge in [0.25, 0.3) is 0 Å². The highest BCUT2D eigenvalue weighted by Crippen LogP contribution is 1.66. The van der Waals surface area contributed by atoms with Crippen LogP contribution < -0.4 is 0 Å². The summed E-state index contributed by atoms with van der Waals surface area (Å²) in [5.74, 6) is 0. The van der Waals surface area contributed by atoms with Crippen molar-refractivity contribution in [2.24, 2.45) is 0 Å². The second-order valence-corrected chi connectivity index (χ2v) is 0.921. The number of hydrogen-bond acceptors (Lipinski definition) is 2. The van der Waals surface area contributed by atoms with Crippen LogP contribution >= 0.6 is 0 Å². The summed E-state index contributed by atoms with van der Waals surface area (Å²) in [6, 6.07) is 0. The minimum absolute atomic E-state index is 0.133. The average Bonchev–Trinajstić information content (AvgIpc) is 1.88. The molecule has 0 aliphatic carbocycles. The maximum Gasteiger partial charge on any atom is 0.0697 e. The Kier molecular flexibility index (Phi) is 21.0. The van der Waals surface area contributed by atoms with Crippen molar-refractivity contribution in [2.45, 2.75) is 6.92 Å². The second-order valence-electron chi connectivity index (χ2n) is 0.921. The van der Waals surface area contributed by atoms with Gasteiger partial charge in [-0.15, -0.1) is 12.8 Å².